The van der Waals surface area contributed by atoms with E-state index in [-0.39, 0.29) is 17.0 Å². The second kappa shape index (κ2) is 5.90. The third-order valence-corrected chi connectivity index (χ3v) is 3.16. The minimum atomic E-state index is -1.61. The fourth-order valence-corrected chi connectivity index (χ4v) is 2.21. The molecule has 0 bridgehead atoms. The van der Waals surface area contributed by atoms with E-state index in [4.69, 9.17) is 15.2 Å². The van der Waals surface area contributed by atoms with Crippen LogP contribution in [0.25, 0.3) is 0 Å². The Hall–Kier alpha value is -1.02. The predicted octanol–water partition coefficient (Wildman–Crippen LogP) is -0.355. The van der Waals surface area contributed by atoms with Gasteiger partial charge in [-0.15, -0.1) is 0 Å². The average molecular weight is 242 g/mol. The first kappa shape index (κ1) is 13.1. The molecule has 1 aromatic carbocycles. The van der Waals surface area contributed by atoms with Gasteiger partial charge in [0.05, 0.1) is 5.56 Å². The molecular formula is C9H11BO5S. The number of carboxylic acid groups (broad SMARTS) is 1. The molecule has 0 radical (unpaired) electrons. The van der Waals surface area contributed by atoms with Gasteiger partial charge in [-0.2, -0.15) is 0 Å². The van der Waals surface area contributed by atoms with Crippen LogP contribution in [0.3, 0.4) is 0 Å². The van der Waals surface area contributed by atoms with Crippen LogP contribution in [0.1, 0.15) is 15.9 Å². The molecule has 0 aromatic heterocycles. The van der Waals surface area contributed by atoms with Gasteiger partial charge in [0.25, 0.3) is 0 Å². The van der Waals surface area contributed by atoms with Crippen LogP contribution in [0, 0.1) is 0 Å². The molecule has 0 amide bonds. The highest BCUT2D eigenvalue weighted by atomic mass is 32.2. The van der Waals surface area contributed by atoms with Gasteiger partial charge >= 0.3 is 13.1 Å². The van der Waals surface area contributed by atoms with E-state index in [0.717, 1.165) is 0 Å². The van der Waals surface area contributed by atoms with Crippen molar-refractivity contribution in [2.45, 2.75) is 5.75 Å². The standard InChI is InChI=1S/C9H11BO5S/c11-9(12)8-3-1-2-7(4-8)5-16(15)6-10(13)14/h1-4,13-14H,5-6H2,(H,11,12). The van der Waals surface area contributed by atoms with Gasteiger partial charge in [0.15, 0.2) is 0 Å². The first-order chi connectivity index (χ1) is 7.49. The quantitative estimate of drug-likeness (QED) is 0.483. The van der Waals surface area contributed by atoms with Gasteiger partial charge in [-0.05, 0) is 12.1 Å². The first-order valence-electron chi connectivity index (χ1n) is 4.52. The zero-order valence-electron chi connectivity index (χ0n) is 8.37. The van der Waals surface area contributed by atoms with E-state index >= 15 is 0 Å². The van der Waals surface area contributed by atoms with Crippen LogP contribution in [0.15, 0.2) is 24.3 Å². The molecule has 0 spiro atoms. The second-order valence-electron chi connectivity index (χ2n) is 3.24. The molecule has 0 saturated carbocycles. The normalized spacial score (nSPS) is 12.2. The van der Waals surface area contributed by atoms with Crippen LogP contribution < -0.4 is 0 Å². The minimum Gasteiger partial charge on any atom is -0.616 e. The van der Waals surface area contributed by atoms with Crippen molar-refractivity contribution >= 4 is 24.3 Å². The van der Waals surface area contributed by atoms with Crippen LogP contribution in [-0.4, -0.2) is 38.4 Å². The van der Waals surface area contributed by atoms with Crippen molar-refractivity contribution in [1.29, 1.82) is 0 Å². The number of aromatic carboxylic acids is 1. The van der Waals surface area contributed by atoms with Crippen molar-refractivity contribution in [3.05, 3.63) is 35.4 Å². The summed E-state index contributed by atoms with van der Waals surface area (Å²) >= 11 is -1.42. The summed E-state index contributed by atoms with van der Waals surface area (Å²) in [6.45, 7) is 0. The largest absolute Gasteiger partial charge is 0.616 e. The van der Waals surface area contributed by atoms with Gasteiger partial charge in [-0.3, -0.25) is 0 Å². The van der Waals surface area contributed by atoms with Crippen molar-refractivity contribution < 1.29 is 24.5 Å². The van der Waals surface area contributed by atoms with Crippen molar-refractivity contribution in [2.75, 3.05) is 5.65 Å². The molecular weight excluding hydrogens is 231 g/mol. The summed E-state index contributed by atoms with van der Waals surface area (Å²) in [7, 11) is -1.61. The van der Waals surface area contributed by atoms with Crippen LogP contribution in [-0.2, 0) is 16.9 Å². The Morgan fingerprint density at radius 1 is 1.44 bits per heavy atom. The van der Waals surface area contributed by atoms with Crippen LogP contribution in [0.2, 0.25) is 0 Å². The second-order valence-corrected chi connectivity index (χ2v) is 4.74. The predicted molar refractivity (Wildman–Crippen MR) is 60.3 cm³/mol. The van der Waals surface area contributed by atoms with Gasteiger partial charge in [0.2, 0.25) is 0 Å². The Labute approximate surface area is 96.1 Å². The molecule has 0 aliphatic carbocycles. The molecule has 1 rings (SSSR count). The maximum absolute atomic E-state index is 11.3. The van der Waals surface area contributed by atoms with Gasteiger partial charge < -0.3 is 19.7 Å². The Morgan fingerprint density at radius 2 is 2.12 bits per heavy atom. The number of carboxylic acids is 1. The van der Waals surface area contributed by atoms with E-state index in [1.165, 1.54) is 12.1 Å². The van der Waals surface area contributed by atoms with Gasteiger partial charge in [0, 0.05) is 5.56 Å². The molecule has 86 valence electrons. The summed E-state index contributed by atoms with van der Waals surface area (Å²) in [5.74, 6) is -0.937. The lowest BCUT2D eigenvalue weighted by Crippen LogP contribution is -2.26. The first-order valence-corrected chi connectivity index (χ1v) is 6.01. The Bertz CT molecular complexity index is 371. The Morgan fingerprint density at radius 3 is 2.69 bits per heavy atom. The van der Waals surface area contributed by atoms with E-state index < -0.39 is 24.3 Å². The lowest BCUT2D eigenvalue weighted by atomic mass is 9.98. The number of rotatable bonds is 5. The van der Waals surface area contributed by atoms with Crippen molar-refractivity contribution in [1.82, 2.24) is 0 Å². The van der Waals surface area contributed by atoms with E-state index in [1.807, 2.05) is 0 Å². The summed E-state index contributed by atoms with van der Waals surface area (Å²) < 4.78 is 11.3. The molecule has 1 aromatic rings. The van der Waals surface area contributed by atoms with E-state index in [1.54, 1.807) is 12.1 Å². The molecule has 0 aliphatic rings. The maximum Gasteiger partial charge on any atom is 0.504 e. The van der Waals surface area contributed by atoms with E-state index in [9.17, 15) is 9.35 Å². The third kappa shape index (κ3) is 4.24. The highest BCUT2D eigenvalue weighted by Gasteiger charge is 2.18. The third-order valence-electron chi connectivity index (χ3n) is 1.84. The maximum atomic E-state index is 11.3. The fraction of sp³-hybridized carbons (Fsp3) is 0.222. The van der Waals surface area contributed by atoms with Crippen molar-refractivity contribution in [3.8, 4) is 0 Å². The Balaban J connectivity index is 2.66. The lowest BCUT2D eigenvalue weighted by molar-refractivity contribution is 0.0696. The summed E-state index contributed by atoms with van der Waals surface area (Å²) in [5, 5.41) is 26.0. The van der Waals surface area contributed by atoms with Gasteiger partial charge in [0.1, 0.15) is 11.4 Å². The van der Waals surface area contributed by atoms with Crippen molar-refractivity contribution in [3.63, 3.8) is 0 Å². The van der Waals surface area contributed by atoms with Gasteiger partial charge in [-0.1, -0.05) is 23.3 Å². The summed E-state index contributed by atoms with van der Waals surface area (Å²) in [6, 6.07) is 6.07. The molecule has 5 nitrogen and oxygen atoms in total. The monoisotopic (exact) mass is 242 g/mol. The average Bonchev–Trinajstić information content (AvgIpc) is 2.16. The topological polar surface area (TPSA) is 101 Å². The molecule has 0 heterocycles. The zero-order chi connectivity index (χ0) is 12.1. The number of hydrogen-bond acceptors (Lipinski definition) is 4. The number of hydrogen-bond donors (Lipinski definition) is 3. The van der Waals surface area contributed by atoms with Crippen LogP contribution >= 0.6 is 0 Å². The summed E-state index contributed by atoms with van der Waals surface area (Å²) in [4.78, 5) is 10.7. The molecule has 0 saturated heterocycles. The molecule has 0 fully saturated rings. The van der Waals surface area contributed by atoms with Crippen LogP contribution in [0.5, 0.6) is 0 Å². The molecule has 7 heteroatoms. The van der Waals surface area contributed by atoms with Gasteiger partial charge in [-0.25, -0.2) is 4.79 Å². The fourth-order valence-electron chi connectivity index (χ4n) is 1.21. The van der Waals surface area contributed by atoms with E-state index in [2.05, 4.69) is 0 Å². The molecule has 1 unspecified atom stereocenters. The molecule has 16 heavy (non-hydrogen) atoms. The lowest BCUT2D eigenvalue weighted by Gasteiger charge is -2.10. The van der Waals surface area contributed by atoms with E-state index in [0.29, 0.717) is 5.56 Å². The highest BCUT2D eigenvalue weighted by molar-refractivity contribution is 7.91. The minimum absolute atomic E-state index is 0.110. The molecule has 1 atom stereocenters. The molecule has 0 aliphatic heterocycles. The Kier molecular flexibility index (Phi) is 4.82. The summed E-state index contributed by atoms with van der Waals surface area (Å²) in [6.07, 6.45) is 0. The molecule has 3 N–H and O–H groups in total. The van der Waals surface area contributed by atoms with Crippen molar-refractivity contribution in [2.24, 2.45) is 0 Å². The SMILES string of the molecule is O=C(O)c1cccc(C[S+]([O-])CB(O)O)c1. The highest BCUT2D eigenvalue weighted by Crippen LogP contribution is 2.10. The summed E-state index contributed by atoms with van der Waals surface area (Å²) in [5.41, 5.74) is 0.482. The van der Waals surface area contributed by atoms with Crippen LogP contribution in [0.4, 0.5) is 0 Å². The smallest absolute Gasteiger partial charge is 0.504 e. The zero-order valence-corrected chi connectivity index (χ0v) is 9.18. The number of benzene rings is 1. The number of carbonyl (C=O) groups is 1.